The van der Waals surface area contributed by atoms with E-state index in [4.69, 9.17) is 5.11 Å². The molecule has 250 valence electrons. The first kappa shape index (κ1) is 35.3. The van der Waals surface area contributed by atoms with Gasteiger partial charge in [-0.25, -0.2) is 9.07 Å². The number of likely N-dealkylation sites (N-methyl/N-ethyl adjacent to an activating group) is 1. The monoisotopic (exact) mass is 664 g/mol. The molecule has 1 aliphatic heterocycles. The fraction of sp³-hybridized carbons (Fsp3) is 0.265. The molecule has 0 fully saturated rings. The van der Waals surface area contributed by atoms with Gasteiger partial charge in [-0.05, 0) is 61.9 Å². The quantitative estimate of drug-likeness (QED) is 0.213. The van der Waals surface area contributed by atoms with Gasteiger partial charge in [0.15, 0.2) is 5.69 Å². The molecule has 48 heavy (non-hydrogen) atoms. The molecule has 1 aliphatic rings. The molecule has 0 saturated carbocycles. The lowest BCUT2D eigenvalue weighted by Gasteiger charge is -2.38. The molecule has 0 radical (unpaired) electrons. The third-order valence-electron chi connectivity index (χ3n) is 7.47. The number of aliphatic hydroxyl groups is 1. The van der Waals surface area contributed by atoms with Crippen molar-refractivity contribution >= 4 is 23.5 Å². The molecular formula is C34H32F4N6O4. The summed E-state index contributed by atoms with van der Waals surface area (Å²) < 4.78 is 55.8. The maximum Gasteiger partial charge on any atom is 0.416 e. The van der Waals surface area contributed by atoms with Gasteiger partial charge in [-0.15, -0.1) is 0 Å². The van der Waals surface area contributed by atoms with Crippen LogP contribution in [-0.2, 0) is 11.0 Å². The Bertz CT molecular complexity index is 1820. The normalized spacial score (nSPS) is 15.5. The molecule has 10 nitrogen and oxygen atoms in total. The van der Waals surface area contributed by atoms with E-state index in [0.29, 0.717) is 17.3 Å². The highest BCUT2D eigenvalue weighted by molar-refractivity contribution is 6.07. The average molecular weight is 665 g/mol. The van der Waals surface area contributed by atoms with E-state index in [0.717, 1.165) is 29.2 Å². The number of carbonyl (C=O) groups is 3. The van der Waals surface area contributed by atoms with Crippen molar-refractivity contribution in [2.75, 3.05) is 31.6 Å². The summed E-state index contributed by atoms with van der Waals surface area (Å²) in [7, 11) is 1.41. The van der Waals surface area contributed by atoms with E-state index in [1.165, 1.54) is 34.8 Å². The summed E-state index contributed by atoms with van der Waals surface area (Å²) in [5.41, 5.74) is -0.446. The van der Waals surface area contributed by atoms with E-state index in [1.807, 2.05) is 6.07 Å². The summed E-state index contributed by atoms with van der Waals surface area (Å²) in [5, 5.41) is 24.0. The lowest BCUT2D eigenvalue weighted by Crippen LogP contribution is -2.55. The van der Waals surface area contributed by atoms with Gasteiger partial charge in [0.25, 0.3) is 17.7 Å². The van der Waals surface area contributed by atoms with Gasteiger partial charge in [0.2, 0.25) is 0 Å². The summed E-state index contributed by atoms with van der Waals surface area (Å²) in [6.45, 7) is 3.40. The minimum atomic E-state index is -4.71. The first-order valence-corrected chi connectivity index (χ1v) is 14.8. The molecule has 3 aromatic carbocycles. The molecule has 0 saturated heterocycles. The zero-order valence-corrected chi connectivity index (χ0v) is 26.2. The molecule has 2 heterocycles. The van der Waals surface area contributed by atoms with Crippen molar-refractivity contribution in [1.29, 1.82) is 5.26 Å². The van der Waals surface area contributed by atoms with Crippen molar-refractivity contribution in [3.05, 3.63) is 113 Å². The van der Waals surface area contributed by atoms with E-state index in [1.54, 1.807) is 44.2 Å². The number of amides is 3. The van der Waals surface area contributed by atoms with Gasteiger partial charge in [-0.2, -0.15) is 23.5 Å². The molecule has 0 aliphatic carbocycles. The third kappa shape index (κ3) is 7.21. The van der Waals surface area contributed by atoms with Gasteiger partial charge in [0.1, 0.15) is 24.2 Å². The molecule has 2 unspecified atom stereocenters. The summed E-state index contributed by atoms with van der Waals surface area (Å²) in [5.74, 6) is -3.72. The molecule has 5 rings (SSSR count). The van der Waals surface area contributed by atoms with E-state index in [9.17, 15) is 37.2 Å². The Hall–Kier alpha value is -5.55. The molecule has 1 aromatic heterocycles. The predicted octanol–water partition coefficient (Wildman–Crippen LogP) is 4.92. The van der Waals surface area contributed by atoms with Crippen molar-refractivity contribution < 1.29 is 37.1 Å². The smallest absolute Gasteiger partial charge is 0.397 e. The van der Waals surface area contributed by atoms with E-state index in [-0.39, 0.29) is 42.3 Å². The summed E-state index contributed by atoms with van der Waals surface area (Å²) >= 11 is 0. The minimum Gasteiger partial charge on any atom is -0.397 e. The standard InChI is InChI=1S/C32H26F4N6O3.C2H6O/c1-3-41-29-25(27(30(44)40(2)17-16-37)39-42(29)23-10-5-4-6-11-23)24(19-12-14-22(33)15-13-19)26(31(41)45)38-28(43)20-8-7-9-21(18-20)32(34,35)36;1-2-3/h4-15,18,24,26H,3,17H2,1-2H3,(H,38,43);3H,2H2,1H3. The second kappa shape index (κ2) is 14.9. The fourth-order valence-corrected chi connectivity index (χ4v) is 5.36. The molecule has 2 N–H and O–H groups in total. The van der Waals surface area contributed by atoms with Gasteiger partial charge >= 0.3 is 6.18 Å². The number of nitrogens with one attached hydrogen (secondary N) is 1. The molecule has 0 spiro atoms. The Morgan fingerprint density at radius 3 is 2.27 bits per heavy atom. The minimum absolute atomic E-state index is 0.0676. The van der Waals surface area contributed by atoms with Crippen molar-refractivity contribution in [2.45, 2.75) is 32.0 Å². The van der Waals surface area contributed by atoms with Crippen LogP contribution in [0.2, 0.25) is 0 Å². The van der Waals surface area contributed by atoms with E-state index in [2.05, 4.69) is 10.4 Å². The number of nitrogens with zero attached hydrogens (tertiary/aromatic N) is 5. The Balaban J connectivity index is 0.00000167. The number of para-hydroxylation sites is 1. The number of rotatable bonds is 7. The zero-order valence-electron chi connectivity index (χ0n) is 26.2. The van der Waals surface area contributed by atoms with Gasteiger partial charge in [-0.1, -0.05) is 36.4 Å². The van der Waals surface area contributed by atoms with Crippen LogP contribution in [0.3, 0.4) is 0 Å². The van der Waals surface area contributed by atoms with Crippen molar-refractivity contribution in [3.8, 4) is 11.8 Å². The number of alkyl halides is 3. The first-order valence-electron chi connectivity index (χ1n) is 14.8. The van der Waals surface area contributed by atoms with Crippen LogP contribution in [0.1, 0.15) is 57.3 Å². The van der Waals surface area contributed by atoms with Gasteiger partial charge in [-0.3, -0.25) is 19.3 Å². The predicted molar refractivity (Wildman–Crippen MR) is 168 cm³/mol. The molecule has 14 heteroatoms. The maximum atomic E-state index is 14.2. The maximum absolute atomic E-state index is 14.2. The van der Waals surface area contributed by atoms with E-state index < -0.39 is 47.2 Å². The van der Waals surface area contributed by atoms with Crippen LogP contribution in [0.4, 0.5) is 23.4 Å². The van der Waals surface area contributed by atoms with Crippen LogP contribution in [0, 0.1) is 17.1 Å². The molecule has 3 amide bonds. The molecule has 4 aromatic rings. The fourth-order valence-electron chi connectivity index (χ4n) is 5.36. The number of hydrogen-bond acceptors (Lipinski definition) is 6. The van der Waals surface area contributed by atoms with Crippen LogP contribution in [0.15, 0.2) is 78.9 Å². The van der Waals surface area contributed by atoms with Crippen LogP contribution < -0.4 is 10.2 Å². The Labute approximate surface area is 273 Å². The number of carbonyl (C=O) groups excluding carboxylic acids is 3. The highest BCUT2D eigenvalue weighted by atomic mass is 19.4. The van der Waals surface area contributed by atoms with Crippen LogP contribution in [0.5, 0.6) is 0 Å². The number of anilines is 1. The molecular weight excluding hydrogens is 632 g/mol. The van der Waals surface area contributed by atoms with Crippen LogP contribution >= 0.6 is 0 Å². The summed E-state index contributed by atoms with van der Waals surface area (Å²) in [4.78, 5) is 44.0. The average Bonchev–Trinajstić information content (AvgIpc) is 3.45. The Kier molecular flexibility index (Phi) is 11.0. The number of aromatic nitrogens is 2. The second-order valence-electron chi connectivity index (χ2n) is 10.6. The van der Waals surface area contributed by atoms with Crippen LogP contribution in [0.25, 0.3) is 5.69 Å². The SMILES string of the molecule is CCN1C(=O)C(NC(=O)c2cccc(C(F)(F)F)c2)C(c2ccc(F)cc2)c2c(C(=O)N(C)CC#N)nn(-c3ccccc3)c21.CCO. The largest absolute Gasteiger partial charge is 0.416 e. The number of nitriles is 1. The number of hydrogen-bond donors (Lipinski definition) is 2. The number of fused-ring (bicyclic) bond motifs is 1. The first-order chi connectivity index (χ1) is 22.9. The van der Waals surface area contributed by atoms with Crippen molar-refractivity contribution in [2.24, 2.45) is 0 Å². The lowest BCUT2D eigenvalue weighted by atomic mass is 9.80. The lowest BCUT2D eigenvalue weighted by molar-refractivity contribution is -0.137. The highest BCUT2D eigenvalue weighted by Crippen LogP contribution is 2.44. The topological polar surface area (TPSA) is 132 Å². The number of halogens is 4. The molecule has 2 atom stereocenters. The number of benzene rings is 3. The van der Waals surface area contributed by atoms with Crippen LogP contribution in [-0.4, -0.2) is 70.3 Å². The van der Waals surface area contributed by atoms with Crippen molar-refractivity contribution in [3.63, 3.8) is 0 Å². The second-order valence-corrected chi connectivity index (χ2v) is 10.6. The third-order valence-corrected chi connectivity index (χ3v) is 7.47. The van der Waals surface area contributed by atoms with Crippen molar-refractivity contribution in [1.82, 2.24) is 20.0 Å². The summed E-state index contributed by atoms with van der Waals surface area (Å²) in [6.07, 6.45) is -4.71. The highest BCUT2D eigenvalue weighted by Gasteiger charge is 2.47. The molecule has 0 bridgehead atoms. The zero-order chi connectivity index (χ0) is 35.2. The Morgan fingerprint density at radius 2 is 1.69 bits per heavy atom. The number of aliphatic hydroxyl groups excluding tert-OH is 1. The Morgan fingerprint density at radius 1 is 1.04 bits per heavy atom. The van der Waals surface area contributed by atoms with Gasteiger partial charge in [0.05, 0.1) is 17.3 Å². The van der Waals surface area contributed by atoms with Gasteiger partial charge in [0, 0.05) is 37.2 Å². The van der Waals surface area contributed by atoms with Gasteiger partial charge < -0.3 is 15.3 Å². The van der Waals surface area contributed by atoms with E-state index >= 15 is 0 Å². The summed E-state index contributed by atoms with van der Waals surface area (Å²) in [6, 6.07) is 18.0.